The molecule has 0 spiro atoms. The maximum atomic E-state index is 11.2. The molecule has 11 nitrogen and oxygen atoms in total. The van der Waals surface area contributed by atoms with E-state index in [9.17, 15) is 20.2 Å². The normalized spacial score (nSPS) is 18.4. The molecule has 1 aromatic heterocycles. The fourth-order valence-corrected chi connectivity index (χ4v) is 5.82. The molecule has 0 amide bonds. The monoisotopic (exact) mass is 568 g/mol. The number of rotatable bonds is 7. The van der Waals surface area contributed by atoms with Gasteiger partial charge in [-0.25, -0.2) is 4.98 Å². The van der Waals surface area contributed by atoms with Crippen molar-refractivity contribution >= 4 is 22.9 Å². The largest absolute Gasteiger partial charge is 0.378 e. The van der Waals surface area contributed by atoms with Crippen LogP contribution in [0.25, 0.3) is 11.1 Å². The molecule has 3 aromatic carbocycles. The summed E-state index contributed by atoms with van der Waals surface area (Å²) in [7, 11) is 0. The molecule has 216 valence electrons. The fraction of sp³-hybridized carbons (Fsp3) is 0.258. The lowest BCUT2D eigenvalue weighted by Gasteiger charge is -2.33. The van der Waals surface area contributed by atoms with Crippen LogP contribution in [0, 0.1) is 20.2 Å². The van der Waals surface area contributed by atoms with E-state index in [-0.39, 0.29) is 29.6 Å². The van der Waals surface area contributed by atoms with Crippen LogP contribution in [0.3, 0.4) is 0 Å². The van der Waals surface area contributed by atoms with Crippen molar-refractivity contribution in [3.63, 3.8) is 0 Å². The molecule has 0 aliphatic carbocycles. The first-order valence-corrected chi connectivity index (χ1v) is 13.6. The van der Waals surface area contributed by atoms with Gasteiger partial charge in [-0.2, -0.15) is 0 Å². The lowest BCUT2D eigenvalue weighted by Crippen LogP contribution is -2.36. The van der Waals surface area contributed by atoms with Gasteiger partial charge in [-0.1, -0.05) is 36.4 Å². The summed E-state index contributed by atoms with van der Waals surface area (Å²) in [5, 5.41) is 22.4. The highest BCUT2D eigenvalue weighted by atomic mass is 16.6. The van der Waals surface area contributed by atoms with Gasteiger partial charge in [0.1, 0.15) is 5.82 Å². The van der Waals surface area contributed by atoms with Crippen LogP contribution < -0.4 is 16.0 Å². The van der Waals surface area contributed by atoms with E-state index in [1.54, 1.807) is 24.3 Å². The summed E-state index contributed by atoms with van der Waals surface area (Å²) in [5.74, 6) is 0.947. The Morgan fingerprint density at radius 2 is 1.19 bits per heavy atom. The van der Waals surface area contributed by atoms with Crippen molar-refractivity contribution < 1.29 is 14.6 Å². The van der Waals surface area contributed by atoms with E-state index in [2.05, 4.69) is 45.1 Å². The number of pyridine rings is 1. The van der Waals surface area contributed by atoms with Crippen molar-refractivity contribution in [1.29, 1.82) is 0 Å². The lowest BCUT2D eigenvalue weighted by molar-refractivity contribution is -0.385. The van der Waals surface area contributed by atoms with Crippen LogP contribution in [0.5, 0.6) is 0 Å². The van der Waals surface area contributed by atoms with E-state index in [4.69, 9.17) is 4.74 Å². The summed E-state index contributed by atoms with van der Waals surface area (Å²) < 4.78 is 5.44. The third-order valence-electron chi connectivity index (χ3n) is 7.94. The summed E-state index contributed by atoms with van der Waals surface area (Å²) >= 11 is 0. The second kappa shape index (κ2) is 12.3. The minimum atomic E-state index is -0.392. The van der Waals surface area contributed by atoms with Crippen LogP contribution in [-0.2, 0) is 4.74 Å². The average Bonchev–Trinajstić information content (AvgIpc) is 3.47. The number of hydrogen-bond donors (Lipinski definition) is 1. The first-order chi connectivity index (χ1) is 20.0. The molecule has 0 radical (unpaired) electrons. The molecule has 2 aliphatic heterocycles. The molecule has 2 saturated heterocycles. The van der Waals surface area contributed by atoms with E-state index in [0.717, 1.165) is 59.7 Å². The number of nitro benzene ring substituents is 2. The predicted octanol–water partition coefficient (Wildman–Crippen LogP) is 6.65. The number of morpholine rings is 1. The van der Waals surface area contributed by atoms with Crippen LogP contribution in [0.2, 0.25) is 0 Å². The Bertz CT molecular complexity index is 1460. The van der Waals surface area contributed by atoms with Gasteiger partial charge in [-0.3, -0.25) is 20.2 Å². The maximum absolute atomic E-state index is 11.2. The predicted molar refractivity (Wildman–Crippen MR) is 161 cm³/mol. The van der Waals surface area contributed by atoms with E-state index < -0.39 is 9.85 Å². The van der Waals surface area contributed by atoms with E-state index in [0.29, 0.717) is 13.2 Å². The molecule has 11 heteroatoms. The third kappa shape index (κ3) is 5.78. The Kier molecular flexibility index (Phi) is 8.41. The number of benzene rings is 3. The van der Waals surface area contributed by atoms with Gasteiger partial charge < -0.3 is 20.7 Å². The van der Waals surface area contributed by atoms with Gasteiger partial charge in [0.05, 0.1) is 35.1 Å². The van der Waals surface area contributed by atoms with Gasteiger partial charge in [0.25, 0.3) is 11.4 Å². The van der Waals surface area contributed by atoms with Crippen molar-refractivity contribution in [3.05, 3.63) is 122 Å². The van der Waals surface area contributed by atoms with Crippen molar-refractivity contribution in [2.24, 2.45) is 0 Å². The van der Waals surface area contributed by atoms with Crippen LogP contribution in [0.15, 0.2) is 91.1 Å². The Morgan fingerprint density at radius 3 is 1.64 bits per heavy atom. The minimum absolute atomic E-state index is 0. The third-order valence-corrected chi connectivity index (χ3v) is 7.94. The maximum Gasteiger partial charge on any atom is 0.269 e. The smallest absolute Gasteiger partial charge is 0.269 e. The van der Waals surface area contributed by atoms with E-state index in [1.165, 1.54) is 0 Å². The number of aromatic nitrogens is 1. The fourth-order valence-electron chi connectivity index (χ4n) is 5.82. The summed E-state index contributed by atoms with van der Waals surface area (Å²) in [6.45, 7) is 3.09. The molecular weight excluding hydrogens is 536 g/mol. The molecule has 3 N–H and O–H groups in total. The topological polar surface area (TPSA) is 150 Å². The molecule has 0 bridgehead atoms. The molecular formula is C31H32N6O5. The lowest BCUT2D eigenvalue weighted by atomic mass is 10.0. The first kappa shape index (κ1) is 28.7. The molecule has 0 saturated carbocycles. The van der Waals surface area contributed by atoms with Crippen molar-refractivity contribution in [2.45, 2.75) is 24.9 Å². The molecule has 2 unspecified atom stereocenters. The van der Waals surface area contributed by atoms with E-state index in [1.807, 2.05) is 36.5 Å². The van der Waals surface area contributed by atoms with Gasteiger partial charge in [0, 0.05) is 54.8 Å². The zero-order chi connectivity index (χ0) is 28.3. The number of non-ortho nitro benzene ring substituents is 2. The van der Waals surface area contributed by atoms with Crippen molar-refractivity contribution in [1.82, 2.24) is 11.1 Å². The zero-order valence-corrected chi connectivity index (χ0v) is 23.0. The number of anilines is 2. The number of ether oxygens (including phenoxy) is 1. The molecule has 6 rings (SSSR count). The summed E-state index contributed by atoms with van der Waals surface area (Å²) in [4.78, 5) is 30.9. The molecule has 4 aromatic rings. The minimum Gasteiger partial charge on any atom is -0.378 e. The van der Waals surface area contributed by atoms with Gasteiger partial charge in [0.15, 0.2) is 0 Å². The molecule has 2 aliphatic rings. The van der Waals surface area contributed by atoms with Crippen LogP contribution in [-0.4, -0.2) is 41.1 Å². The average molecular weight is 569 g/mol. The number of hydrogen-bond acceptors (Lipinski definition) is 9. The van der Waals surface area contributed by atoms with Crippen molar-refractivity contribution in [3.8, 4) is 11.1 Å². The highest BCUT2D eigenvalue weighted by molar-refractivity contribution is 5.67. The summed E-state index contributed by atoms with van der Waals surface area (Å²) in [5.41, 5.74) is 5.18. The zero-order valence-electron chi connectivity index (χ0n) is 23.0. The highest BCUT2D eigenvalue weighted by Crippen LogP contribution is 2.47. The van der Waals surface area contributed by atoms with Gasteiger partial charge in [-0.05, 0) is 53.8 Å². The van der Waals surface area contributed by atoms with Gasteiger partial charge >= 0.3 is 0 Å². The Balaban J connectivity index is 0.00000353. The van der Waals surface area contributed by atoms with Crippen LogP contribution in [0.1, 0.15) is 36.1 Å². The molecule has 42 heavy (non-hydrogen) atoms. The first-order valence-electron chi connectivity index (χ1n) is 13.6. The summed E-state index contributed by atoms with van der Waals surface area (Å²) in [6.07, 6.45) is 3.58. The standard InChI is InChI=1S/C31H29N5O5.H3N/c37-35(38)27-10-3-23(4-11-27)29-14-15-30(24-5-12-28(13-6-24)36(39)40)34(29)26-8-1-22(2-9-26)25-7-16-31(32-21-25)33-17-19-41-20-18-33;/h1-13,16,21,29-30H,14-15,17-20H2;1H3. The SMILES string of the molecule is N.O=[N+]([O-])c1ccc(C2CCC(c3ccc([N+](=O)[O-])cc3)N2c2ccc(-c3ccc(N4CCOCC4)nc3)cc2)cc1. The second-order valence-corrected chi connectivity index (χ2v) is 10.3. The van der Waals surface area contributed by atoms with Gasteiger partial charge in [0.2, 0.25) is 0 Å². The van der Waals surface area contributed by atoms with Crippen LogP contribution >= 0.6 is 0 Å². The Morgan fingerprint density at radius 1 is 0.690 bits per heavy atom. The number of nitro groups is 2. The molecule has 2 fully saturated rings. The van der Waals surface area contributed by atoms with Gasteiger partial charge in [-0.15, -0.1) is 0 Å². The highest BCUT2D eigenvalue weighted by Gasteiger charge is 2.36. The Labute approximate surface area is 243 Å². The molecule has 3 heterocycles. The molecule has 2 atom stereocenters. The number of nitrogens with zero attached hydrogens (tertiary/aromatic N) is 5. The van der Waals surface area contributed by atoms with Crippen molar-refractivity contribution in [2.75, 3.05) is 36.1 Å². The van der Waals surface area contributed by atoms with E-state index >= 15 is 0 Å². The van der Waals surface area contributed by atoms with Crippen LogP contribution in [0.4, 0.5) is 22.9 Å². The quantitative estimate of drug-likeness (QED) is 0.191. The summed E-state index contributed by atoms with van der Waals surface area (Å²) in [6, 6.07) is 25.9. The second-order valence-electron chi connectivity index (χ2n) is 10.3. The Hall–Kier alpha value is -4.87.